The number of amides is 3. The predicted molar refractivity (Wildman–Crippen MR) is 90.7 cm³/mol. The third-order valence-corrected chi connectivity index (χ3v) is 2.98. The van der Waals surface area contributed by atoms with E-state index >= 15 is 0 Å². The minimum atomic E-state index is -0.274. The van der Waals surface area contributed by atoms with Gasteiger partial charge >= 0.3 is 6.03 Å². The molecule has 2 aromatic rings. The van der Waals surface area contributed by atoms with Crippen molar-refractivity contribution >= 4 is 23.3 Å². The Morgan fingerprint density at radius 1 is 1.00 bits per heavy atom. The number of carbonyl (C=O) groups is 2. The molecule has 120 valence electrons. The lowest BCUT2D eigenvalue weighted by molar-refractivity contribution is 0.102. The highest BCUT2D eigenvalue weighted by Crippen LogP contribution is 2.13. The molecule has 0 radical (unpaired) electrons. The lowest BCUT2D eigenvalue weighted by Crippen LogP contribution is -2.34. The molecular formula is C17H20N4O2. The number of rotatable bonds is 4. The predicted octanol–water partition coefficient (Wildman–Crippen LogP) is 3.17. The van der Waals surface area contributed by atoms with Gasteiger partial charge in [-0.1, -0.05) is 0 Å². The Kier molecular flexibility index (Phi) is 5.30. The van der Waals surface area contributed by atoms with E-state index in [2.05, 4.69) is 20.9 Å². The maximum Gasteiger partial charge on any atom is 0.319 e. The van der Waals surface area contributed by atoms with Gasteiger partial charge in [-0.25, -0.2) is 4.79 Å². The van der Waals surface area contributed by atoms with Gasteiger partial charge in [0.2, 0.25) is 0 Å². The summed E-state index contributed by atoms with van der Waals surface area (Å²) in [5.41, 5.74) is 2.66. The first kappa shape index (κ1) is 16.5. The van der Waals surface area contributed by atoms with Gasteiger partial charge in [-0.15, -0.1) is 0 Å². The molecule has 1 aromatic heterocycles. The molecule has 0 aliphatic carbocycles. The number of hydrogen-bond acceptors (Lipinski definition) is 3. The molecule has 6 nitrogen and oxygen atoms in total. The zero-order valence-electron chi connectivity index (χ0n) is 13.4. The summed E-state index contributed by atoms with van der Waals surface area (Å²) in [6.45, 7) is 5.62. The standard InChI is InChI=1S/C17H20N4O2/c1-11(2)19-17(23)21-14-6-4-13(5-7-14)16(22)20-15-8-9-18-12(3)10-15/h4-11H,1-3H3,(H,18,20,22)(H2,19,21,23). The molecule has 0 fully saturated rings. The number of anilines is 2. The molecule has 0 saturated carbocycles. The fourth-order valence-electron chi connectivity index (χ4n) is 1.96. The van der Waals surface area contributed by atoms with Gasteiger partial charge in [-0.05, 0) is 57.2 Å². The van der Waals surface area contributed by atoms with Crippen molar-refractivity contribution in [1.82, 2.24) is 10.3 Å². The first-order valence-corrected chi connectivity index (χ1v) is 7.35. The minimum Gasteiger partial charge on any atom is -0.336 e. The number of pyridine rings is 1. The van der Waals surface area contributed by atoms with Gasteiger partial charge in [0, 0.05) is 34.9 Å². The van der Waals surface area contributed by atoms with Crippen LogP contribution < -0.4 is 16.0 Å². The summed E-state index contributed by atoms with van der Waals surface area (Å²) in [5, 5.41) is 8.24. The van der Waals surface area contributed by atoms with Crippen molar-refractivity contribution in [3.8, 4) is 0 Å². The normalized spacial score (nSPS) is 10.3. The number of aryl methyl sites for hydroxylation is 1. The van der Waals surface area contributed by atoms with Gasteiger partial charge in [-0.3, -0.25) is 9.78 Å². The number of hydrogen-bond donors (Lipinski definition) is 3. The molecule has 1 aromatic carbocycles. The number of nitrogens with zero attached hydrogens (tertiary/aromatic N) is 1. The fourth-order valence-corrected chi connectivity index (χ4v) is 1.96. The monoisotopic (exact) mass is 312 g/mol. The lowest BCUT2D eigenvalue weighted by atomic mass is 10.2. The van der Waals surface area contributed by atoms with Crippen molar-refractivity contribution in [2.24, 2.45) is 0 Å². The first-order valence-electron chi connectivity index (χ1n) is 7.35. The smallest absolute Gasteiger partial charge is 0.319 e. The second kappa shape index (κ2) is 7.40. The van der Waals surface area contributed by atoms with Crippen LogP contribution in [0.25, 0.3) is 0 Å². The summed E-state index contributed by atoms with van der Waals surface area (Å²) < 4.78 is 0. The molecule has 0 aliphatic heterocycles. The molecule has 0 unspecified atom stereocenters. The van der Waals surface area contributed by atoms with E-state index in [4.69, 9.17) is 0 Å². The molecule has 23 heavy (non-hydrogen) atoms. The molecule has 0 spiro atoms. The summed E-state index contributed by atoms with van der Waals surface area (Å²) in [5.74, 6) is -0.214. The van der Waals surface area contributed by atoms with E-state index in [-0.39, 0.29) is 18.0 Å². The summed E-state index contributed by atoms with van der Waals surface area (Å²) >= 11 is 0. The number of aromatic nitrogens is 1. The highest BCUT2D eigenvalue weighted by Gasteiger charge is 2.08. The van der Waals surface area contributed by atoms with Crippen LogP contribution in [0, 0.1) is 6.92 Å². The lowest BCUT2D eigenvalue weighted by Gasteiger charge is -2.10. The maximum absolute atomic E-state index is 12.2. The Morgan fingerprint density at radius 3 is 2.30 bits per heavy atom. The largest absolute Gasteiger partial charge is 0.336 e. The molecule has 0 aliphatic rings. The molecule has 0 atom stereocenters. The second-order valence-electron chi connectivity index (χ2n) is 5.47. The average molecular weight is 312 g/mol. The van der Waals surface area contributed by atoms with Gasteiger partial charge in [-0.2, -0.15) is 0 Å². The first-order chi connectivity index (χ1) is 10.9. The number of nitrogens with one attached hydrogen (secondary N) is 3. The topological polar surface area (TPSA) is 83.1 Å². The molecule has 0 saturated heterocycles. The van der Waals surface area contributed by atoms with E-state index in [0.29, 0.717) is 16.9 Å². The third-order valence-electron chi connectivity index (χ3n) is 2.98. The van der Waals surface area contributed by atoms with Crippen molar-refractivity contribution < 1.29 is 9.59 Å². The Bertz CT molecular complexity index is 696. The minimum absolute atomic E-state index is 0.0591. The zero-order chi connectivity index (χ0) is 16.8. The van der Waals surface area contributed by atoms with Crippen LogP contribution >= 0.6 is 0 Å². The quantitative estimate of drug-likeness (QED) is 0.811. The van der Waals surface area contributed by atoms with Crippen LogP contribution in [-0.4, -0.2) is 23.0 Å². The summed E-state index contributed by atoms with van der Waals surface area (Å²) in [6, 6.07) is 10.0. The number of carbonyl (C=O) groups excluding carboxylic acids is 2. The van der Waals surface area contributed by atoms with Crippen LogP contribution in [0.1, 0.15) is 29.9 Å². The highest BCUT2D eigenvalue weighted by atomic mass is 16.2. The van der Waals surface area contributed by atoms with Gasteiger partial charge in [0.05, 0.1) is 0 Å². The van der Waals surface area contributed by atoms with Crippen LogP contribution in [0.15, 0.2) is 42.6 Å². The summed E-state index contributed by atoms with van der Waals surface area (Å²) in [4.78, 5) is 27.9. The van der Waals surface area contributed by atoms with E-state index in [1.807, 2.05) is 20.8 Å². The summed E-state index contributed by atoms with van der Waals surface area (Å²) in [6.07, 6.45) is 1.64. The third kappa shape index (κ3) is 5.10. The van der Waals surface area contributed by atoms with Gasteiger partial charge in [0.15, 0.2) is 0 Å². The van der Waals surface area contributed by atoms with Crippen molar-refractivity contribution in [2.75, 3.05) is 10.6 Å². The van der Waals surface area contributed by atoms with E-state index in [0.717, 1.165) is 5.69 Å². The van der Waals surface area contributed by atoms with Gasteiger partial charge in [0.25, 0.3) is 5.91 Å². The Morgan fingerprint density at radius 2 is 1.70 bits per heavy atom. The second-order valence-corrected chi connectivity index (χ2v) is 5.47. The molecule has 2 rings (SSSR count). The number of urea groups is 1. The van der Waals surface area contributed by atoms with Crippen molar-refractivity contribution in [2.45, 2.75) is 26.8 Å². The Balaban J connectivity index is 1.98. The van der Waals surface area contributed by atoms with E-state index in [9.17, 15) is 9.59 Å². The molecule has 3 amide bonds. The van der Waals surface area contributed by atoms with Gasteiger partial charge < -0.3 is 16.0 Å². The van der Waals surface area contributed by atoms with Crippen LogP contribution in [0.4, 0.5) is 16.2 Å². The van der Waals surface area contributed by atoms with Crippen LogP contribution in [0.5, 0.6) is 0 Å². The van der Waals surface area contributed by atoms with Crippen LogP contribution in [-0.2, 0) is 0 Å². The summed E-state index contributed by atoms with van der Waals surface area (Å²) in [7, 11) is 0. The Hall–Kier alpha value is -2.89. The van der Waals surface area contributed by atoms with E-state index in [1.165, 1.54) is 0 Å². The molecule has 0 bridgehead atoms. The molecule has 6 heteroatoms. The van der Waals surface area contributed by atoms with E-state index < -0.39 is 0 Å². The SMILES string of the molecule is Cc1cc(NC(=O)c2ccc(NC(=O)NC(C)C)cc2)ccn1. The maximum atomic E-state index is 12.2. The van der Waals surface area contributed by atoms with E-state index in [1.54, 1.807) is 42.6 Å². The van der Waals surface area contributed by atoms with Crippen molar-refractivity contribution in [1.29, 1.82) is 0 Å². The fraction of sp³-hybridized carbons (Fsp3) is 0.235. The van der Waals surface area contributed by atoms with Crippen molar-refractivity contribution in [3.05, 3.63) is 53.9 Å². The van der Waals surface area contributed by atoms with Crippen LogP contribution in [0.2, 0.25) is 0 Å². The van der Waals surface area contributed by atoms with Crippen molar-refractivity contribution in [3.63, 3.8) is 0 Å². The molecular weight excluding hydrogens is 292 g/mol. The van der Waals surface area contributed by atoms with Gasteiger partial charge in [0.1, 0.15) is 0 Å². The number of benzene rings is 1. The van der Waals surface area contributed by atoms with Crippen LogP contribution in [0.3, 0.4) is 0 Å². The average Bonchev–Trinajstić information content (AvgIpc) is 2.47. The molecule has 1 heterocycles. The zero-order valence-corrected chi connectivity index (χ0v) is 13.4. The Labute approximate surface area is 135 Å². The molecule has 3 N–H and O–H groups in total. The highest BCUT2D eigenvalue weighted by molar-refractivity contribution is 6.04.